The Bertz CT molecular complexity index is 1530. The molecule has 4 aromatic rings. The number of hydrogen-bond donors (Lipinski definition) is 0. The molecule has 0 radical (unpaired) electrons. The number of hydrogen-bond acceptors (Lipinski definition) is 9. The molecule has 11 heteroatoms. The minimum atomic E-state index is -0.581. The van der Waals surface area contributed by atoms with Crippen LogP contribution in [0.3, 0.4) is 0 Å². The lowest BCUT2D eigenvalue weighted by molar-refractivity contribution is -0.155. The van der Waals surface area contributed by atoms with Gasteiger partial charge in [0, 0.05) is 63.1 Å². The van der Waals surface area contributed by atoms with Gasteiger partial charge in [0.1, 0.15) is 18.0 Å². The molecule has 0 spiro atoms. The van der Waals surface area contributed by atoms with E-state index in [-0.39, 0.29) is 30.6 Å². The largest absolute Gasteiger partial charge is 0.460 e. The van der Waals surface area contributed by atoms with Gasteiger partial charge in [0.25, 0.3) is 0 Å². The molecule has 1 saturated carbocycles. The first-order chi connectivity index (χ1) is 20.5. The molecule has 0 N–H and O–H groups in total. The smallest absolute Gasteiger partial charge is 0.316 e. The van der Waals surface area contributed by atoms with E-state index in [0.29, 0.717) is 37.0 Å². The molecule has 1 aliphatic carbocycles. The summed E-state index contributed by atoms with van der Waals surface area (Å²) in [4.78, 5) is 32.3. The van der Waals surface area contributed by atoms with Gasteiger partial charge in [-0.05, 0) is 55.2 Å². The van der Waals surface area contributed by atoms with Crippen LogP contribution in [-0.4, -0.2) is 68.5 Å². The van der Waals surface area contributed by atoms with Crippen LogP contribution in [0.15, 0.2) is 61.1 Å². The second kappa shape index (κ2) is 12.4. The molecule has 0 bridgehead atoms. The van der Waals surface area contributed by atoms with Crippen molar-refractivity contribution in [2.24, 2.45) is 5.92 Å². The average molecular weight is 573 g/mol. The van der Waals surface area contributed by atoms with Crippen molar-refractivity contribution in [3.05, 3.63) is 83.8 Å². The molecule has 218 valence electrons. The fourth-order valence-corrected chi connectivity index (χ4v) is 5.26. The third-order valence-corrected chi connectivity index (χ3v) is 7.55. The first kappa shape index (κ1) is 28.1. The number of aromatic nitrogens is 5. The third-order valence-electron chi connectivity index (χ3n) is 7.55. The summed E-state index contributed by atoms with van der Waals surface area (Å²) in [5, 5.41) is 6.69. The molecule has 10 nitrogen and oxygen atoms in total. The van der Waals surface area contributed by atoms with Gasteiger partial charge in [-0.15, -0.1) is 0 Å². The zero-order valence-corrected chi connectivity index (χ0v) is 23.6. The number of methoxy groups -OCH3 is 1. The third kappa shape index (κ3) is 6.38. The van der Waals surface area contributed by atoms with Crippen LogP contribution >= 0.6 is 0 Å². The number of pyridine rings is 1. The van der Waals surface area contributed by atoms with E-state index in [2.05, 4.69) is 15.0 Å². The van der Waals surface area contributed by atoms with E-state index in [1.165, 1.54) is 12.3 Å². The summed E-state index contributed by atoms with van der Waals surface area (Å²) in [7, 11) is 1.63. The van der Waals surface area contributed by atoms with E-state index in [0.717, 1.165) is 35.3 Å². The van der Waals surface area contributed by atoms with Crippen LogP contribution in [0.5, 0.6) is 6.01 Å². The number of halogens is 1. The second-order valence-corrected chi connectivity index (χ2v) is 10.7. The highest BCUT2D eigenvalue weighted by Crippen LogP contribution is 2.37. The standard InChI is InChI=1S/C31H33FN6O4/c1-20-27(16-25(39)14-22-19-37(12-13-40-2)42-30(22)21-10-11-33-28(32)15-21)38(24-6-4-3-5-7-24)36-29(20)23-17-34-31(35-18-23)41-26-8-9-26/h3-7,10-11,15,17-18,22,26,30H,8-9,12-14,16,19H2,1-2H3/t22-,30+/m1/s1. The van der Waals surface area contributed by atoms with E-state index in [1.807, 2.05) is 41.9 Å². The highest BCUT2D eigenvalue weighted by molar-refractivity contribution is 5.82. The zero-order valence-electron chi connectivity index (χ0n) is 23.6. The van der Waals surface area contributed by atoms with Crippen LogP contribution in [-0.2, 0) is 20.8 Å². The van der Waals surface area contributed by atoms with Crippen molar-refractivity contribution >= 4 is 5.78 Å². The summed E-state index contributed by atoms with van der Waals surface area (Å²) < 4.78 is 26.7. The summed E-state index contributed by atoms with van der Waals surface area (Å²) in [6, 6.07) is 13.2. The van der Waals surface area contributed by atoms with Gasteiger partial charge in [-0.2, -0.15) is 14.6 Å². The number of carbonyl (C=O) groups is 1. The molecule has 2 aliphatic rings. The number of benzene rings is 1. The Morgan fingerprint density at radius 3 is 2.62 bits per heavy atom. The number of nitrogens with zero attached hydrogens (tertiary/aromatic N) is 6. The molecule has 2 fully saturated rings. The first-order valence-electron chi connectivity index (χ1n) is 14.1. The minimum absolute atomic E-state index is 0.0351. The average Bonchev–Trinajstić information content (AvgIpc) is 3.64. The number of rotatable bonds is 12. The van der Waals surface area contributed by atoms with Gasteiger partial charge in [0.2, 0.25) is 5.95 Å². The lowest BCUT2D eigenvalue weighted by atomic mass is 9.91. The Morgan fingerprint density at radius 1 is 1.12 bits per heavy atom. The number of Topliss-reactive ketones (excluding diaryl/α,β-unsaturated/α-hetero) is 1. The van der Waals surface area contributed by atoms with E-state index in [4.69, 9.17) is 19.4 Å². The molecule has 0 amide bonds. The minimum Gasteiger partial charge on any atom is -0.460 e. The van der Waals surface area contributed by atoms with E-state index in [1.54, 1.807) is 30.6 Å². The van der Waals surface area contributed by atoms with Crippen molar-refractivity contribution in [1.82, 2.24) is 29.8 Å². The van der Waals surface area contributed by atoms with Gasteiger partial charge in [-0.1, -0.05) is 18.2 Å². The lowest BCUT2D eigenvalue weighted by Crippen LogP contribution is -2.24. The quantitative estimate of drug-likeness (QED) is 0.228. The molecule has 3 aromatic heterocycles. The van der Waals surface area contributed by atoms with Crippen molar-refractivity contribution in [2.45, 2.75) is 44.8 Å². The molecular weight excluding hydrogens is 539 g/mol. The Hall–Kier alpha value is -4.06. The van der Waals surface area contributed by atoms with E-state index >= 15 is 0 Å². The van der Waals surface area contributed by atoms with Crippen molar-refractivity contribution in [3.63, 3.8) is 0 Å². The van der Waals surface area contributed by atoms with Crippen molar-refractivity contribution < 1.29 is 23.5 Å². The summed E-state index contributed by atoms with van der Waals surface area (Å²) in [5.41, 5.74) is 4.63. The monoisotopic (exact) mass is 572 g/mol. The molecule has 0 unspecified atom stereocenters. The van der Waals surface area contributed by atoms with Crippen LogP contribution in [0, 0.1) is 18.8 Å². The number of para-hydroxylation sites is 1. The molecule has 4 heterocycles. The highest BCUT2D eigenvalue weighted by atomic mass is 19.1. The van der Waals surface area contributed by atoms with Crippen LogP contribution in [0.1, 0.15) is 42.2 Å². The molecule has 1 saturated heterocycles. The Labute approximate surface area is 243 Å². The van der Waals surface area contributed by atoms with Crippen LogP contribution in [0.2, 0.25) is 0 Å². The predicted octanol–water partition coefficient (Wildman–Crippen LogP) is 4.47. The van der Waals surface area contributed by atoms with Crippen molar-refractivity contribution in [2.75, 3.05) is 26.8 Å². The maximum absolute atomic E-state index is 14.0. The maximum Gasteiger partial charge on any atom is 0.316 e. The predicted molar refractivity (Wildman–Crippen MR) is 151 cm³/mol. The van der Waals surface area contributed by atoms with Crippen molar-refractivity contribution in [1.29, 1.82) is 0 Å². The summed E-state index contributed by atoms with van der Waals surface area (Å²) >= 11 is 0. The lowest BCUT2D eigenvalue weighted by Gasteiger charge is -2.17. The Kier molecular flexibility index (Phi) is 8.31. The van der Waals surface area contributed by atoms with Gasteiger partial charge in [-0.25, -0.2) is 19.6 Å². The van der Waals surface area contributed by atoms with Crippen LogP contribution < -0.4 is 4.74 Å². The molecule has 1 aromatic carbocycles. The van der Waals surface area contributed by atoms with E-state index < -0.39 is 12.1 Å². The summed E-state index contributed by atoms with van der Waals surface area (Å²) in [6.07, 6.45) is 7.07. The number of ether oxygens (including phenoxy) is 2. The summed E-state index contributed by atoms with van der Waals surface area (Å²) in [5.74, 6) is -0.716. The topological polar surface area (TPSA) is 104 Å². The molecule has 1 aliphatic heterocycles. The van der Waals surface area contributed by atoms with Gasteiger partial charge >= 0.3 is 6.01 Å². The SMILES string of the molecule is COCCN1C[C@@H](CC(=O)Cc2c(C)c(-c3cnc(OC4CC4)nc3)nn2-c2ccccc2)[C@H](c2ccnc(F)c2)O1. The molecule has 2 atom stereocenters. The van der Waals surface area contributed by atoms with Gasteiger partial charge in [-0.3, -0.25) is 9.63 Å². The fraction of sp³-hybridized carbons (Fsp3) is 0.387. The first-order valence-corrected chi connectivity index (χ1v) is 14.1. The van der Waals surface area contributed by atoms with Gasteiger partial charge in [0.05, 0.1) is 23.7 Å². The fourth-order valence-electron chi connectivity index (χ4n) is 5.26. The normalized spacial score (nSPS) is 18.8. The second-order valence-electron chi connectivity index (χ2n) is 10.7. The van der Waals surface area contributed by atoms with Gasteiger partial charge < -0.3 is 9.47 Å². The van der Waals surface area contributed by atoms with Gasteiger partial charge in [0.15, 0.2) is 0 Å². The zero-order chi connectivity index (χ0) is 29.1. The Morgan fingerprint density at radius 2 is 1.90 bits per heavy atom. The van der Waals surface area contributed by atoms with E-state index in [9.17, 15) is 9.18 Å². The maximum atomic E-state index is 14.0. The van der Waals surface area contributed by atoms with Crippen molar-refractivity contribution in [3.8, 4) is 23.0 Å². The Balaban J connectivity index is 1.25. The molecule has 42 heavy (non-hydrogen) atoms. The summed E-state index contributed by atoms with van der Waals surface area (Å²) in [6.45, 7) is 3.51. The molecular formula is C31H33FN6O4. The highest BCUT2D eigenvalue weighted by Gasteiger charge is 2.37. The van der Waals surface area contributed by atoms with Crippen LogP contribution in [0.4, 0.5) is 4.39 Å². The number of hydroxylamine groups is 2. The molecule has 6 rings (SSSR count). The number of carbonyl (C=O) groups excluding carboxylic acids is 1. The number of ketones is 1. The van der Waals surface area contributed by atoms with Crippen LogP contribution in [0.25, 0.3) is 16.9 Å².